The van der Waals surface area contributed by atoms with Crippen LogP contribution in [0.3, 0.4) is 0 Å². The molecule has 1 aliphatic rings. The van der Waals surface area contributed by atoms with Gasteiger partial charge in [0, 0.05) is 57.6 Å². The van der Waals surface area contributed by atoms with Crippen LogP contribution in [-0.2, 0) is 25.9 Å². The molecule has 0 radical (unpaired) electrons. The van der Waals surface area contributed by atoms with Crippen LogP contribution in [0.15, 0.2) is 52.8 Å². The highest BCUT2D eigenvalue weighted by Crippen LogP contribution is 2.40. The Kier molecular flexibility index (Phi) is 10.2. The van der Waals surface area contributed by atoms with E-state index >= 15 is 0 Å². The van der Waals surface area contributed by atoms with Gasteiger partial charge in [0.15, 0.2) is 0 Å². The summed E-state index contributed by atoms with van der Waals surface area (Å²) >= 11 is 7.69. The standard InChI is InChI=1S/C35H34ClF2N5O5S/c1-19-12-25(33-32(40-19)27(18-49-33)35(45)46)24-14-22(36)4-7-29(24)48-11-10-43-20(2)41-28-6-5-23(15-26(28)34(43)44)42(17-30(37)38)16-21-8-9-39-31(13-21)47-3/h4,7-9,12-14,18,23,30H,5-6,10-11,15-17H2,1-3H3,(H,45,46). The third-order valence-electron chi connectivity index (χ3n) is 8.66. The zero-order valence-electron chi connectivity index (χ0n) is 27.1. The lowest BCUT2D eigenvalue weighted by molar-refractivity contribution is 0.0561. The number of aromatic carboxylic acids is 1. The smallest absolute Gasteiger partial charge is 0.338 e. The first kappa shape index (κ1) is 34.4. The summed E-state index contributed by atoms with van der Waals surface area (Å²) in [6, 6.07) is 10.3. The number of hydrogen-bond acceptors (Lipinski definition) is 9. The maximum absolute atomic E-state index is 13.9. The molecule has 1 atom stereocenters. The highest BCUT2D eigenvalue weighted by atomic mass is 35.5. The Labute approximate surface area is 289 Å². The molecule has 1 aromatic carbocycles. The molecule has 0 saturated carbocycles. The van der Waals surface area contributed by atoms with Gasteiger partial charge in [-0.1, -0.05) is 11.6 Å². The predicted octanol–water partition coefficient (Wildman–Crippen LogP) is 6.60. The van der Waals surface area contributed by atoms with Crippen molar-refractivity contribution >= 4 is 39.1 Å². The lowest BCUT2D eigenvalue weighted by Gasteiger charge is -2.35. The van der Waals surface area contributed by atoms with Crippen molar-refractivity contribution in [2.24, 2.45) is 0 Å². The molecule has 0 saturated heterocycles. The van der Waals surface area contributed by atoms with Crippen molar-refractivity contribution in [1.82, 2.24) is 24.4 Å². The molecule has 0 spiro atoms. The highest BCUT2D eigenvalue weighted by molar-refractivity contribution is 7.18. The van der Waals surface area contributed by atoms with Crippen molar-refractivity contribution < 1.29 is 28.2 Å². The lowest BCUT2D eigenvalue weighted by atomic mass is 9.91. The first-order valence-corrected chi connectivity index (χ1v) is 16.9. The van der Waals surface area contributed by atoms with Crippen molar-refractivity contribution in [3.05, 3.63) is 97.3 Å². The van der Waals surface area contributed by atoms with Crippen LogP contribution in [0, 0.1) is 13.8 Å². The number of halogens is 3. The van der Waals surface area contributed by atoms with E-state index in [1.54, 1.807) is 65.2 Å². The van der Waals surface area contributed by atoms with E-state index in [9.17, 15) is 23.5 Å². The Morgan fingerprint density at radius 2 is 2.00 bits per heavy atom. The Morgan fingerprint density at radius 1 is 1.18 bits per heavy atom. The van der Waals surface area contributed by atoms with Gasteiger partial charge in [0.2, 0.25) is 5.88 Å². The van der Waals surface area contributed by atoms with Crippen LogP contribution in [0.5, 0.6) is 11.6 Å². The summed E-state index contributed by atoms with van der Waals surface area (Å²) in [6.07, 6.45) is 0.447. The van der Waals surface area contributed by atoms with Crippen LogP contribution in [0.2, 0.25) is 5.02 Å². The predicted molar refractivity (Wildman–Crippen MR) is 184 cm³/mol. The third-order valence-corrected chi connectivity index (χ3v) is 9.90. The van der Waals surface area contributed by atoms with E-state index in [4.69, 9.17) is 26.1 Å². The molecule has 5 aromatic rings. The summed E-state index contributed by atoms with van der Waals surface area (Å²) in [5, 5.41) is 11.7. The molecule has 0 bridgehead atoms. The SMILES string of the molecule is COc1cc(CN(CC(F)F)C2CCc3nc(C)n(CCOc4ccc(Cl)cc4-c4cc(C)nc5c(C(=O)O)csc45)c(=O)c3C2)ccn1. The Bertz CT molecular complexity index is 2090. The van der Waals surface area contributed by atoms with Gasteiger partial charge in [-0.2, -0.15) is 0 Å². The van der Waals surface area contributed by atoms with Gasteiger partial charge in [0.1, 0.15) is 18.2 Å². The van der Waals surface area contributed by atoms with Crippen molar-refractivity contribution in [2.75, 3.05) is 20.3 Å². The maximum atomic E-state index is 13.9. The van der Waals surface area contributed by atoms with E-state index in [0.717, 1.165) is 11.1 Å². The van der Waals surface area contributed by atoms with E-state index in [-0.39, 0.29) is 36.9 Å². The molecule has 4 heterocycles. The fourth-order valence-electron chi connectivity index (χ4n) is 6.37. The monoisotopic (exact) mass is 709 g/mol. The zero-order valence-corrected chi connectivity index (χ0v) is 28.7. The number of thiophene rings is 1. The van der Waals surface area contributed by atoms with Crippen molar-refractivity contribution in [3.8, 4) is 22.8 Å². The van der Waals surface area contributed by atoms with Crippen LogP contribution >= 0.6 is 22.9 Å². The van der Waals surface area contributed by atoms with E-state index < -0.39 is 18.9 Å². The molecular weight excluding hydrogens is 676 g/mol. The second-order valence-corrected chi connectivity index (χ2v) is 13.2. The molecule has 49 heavy (non-hydrogen) atoms. The zero-order chi connectivity index (χ0) is 34.8. The lowest BCUT2D eigenvalue weighted by Crippen LogP contribution is -2.44. The minimum atomic E-state index is -2.54. The number of hydrogen-bond donors (Lipinski definition) is 1. The van der Waals surface area contributed by atoms with E-state index in [0.29, 0.717) is 74.5 Å². The molecule has 1 N–H and O–H groups in total. The third kappa shape index (κ3) is 7.43. The van der Waals surface area contributed by atoms with Crippen LogP contribution in [0.1, 0.15) is 45.1 Å². The quantitative estimate of drug-likeness (QED) is 0.153. The molecule has 4 aromatic heterocycles. The fourth-order valence-corrected chi connectivity index (χ4v) is 7.56. The highest BCUT2D eigenvalue weighted by Gasteiger charge is 2.30. The number of aryl methyl sites for hydroxylation is 3. The van der Waals surface area contributed by atoms with Gasteiger partial charge in [-0.05, 0) is 69.0 Å². The van der Waals surface area contributed by atoms with Gasteiger partial charge in [-0.3, -0.25) is 19.2 Å². The summed E-state index contributed by atoms with van der Waals surface area (Å²) in [4.78, 5) is 40.8. The van der Waals surface area contributed by atoms with Gasteiger partial charge in [0.05, 0.1) is 41.7 Å². The summed E-state index contributed by atoms with van der Waals surface area (Å²) in [5.41, 5.74) is 4.39. The van der Waals surface area contributed by atoms with Crippen LogP contribution < -0.4 is 15.0 Å². The van der Waals surface area contributed by atoms with E-state index in [1.165, 1.54) is 18.4 Å². The van der Waals surface area contributed by atoms with Crippen LogP contribution in [0.25, 0.3) is 21.3 Å². The average molecular weight is 710 g/mol. The number of aromatic nitrogens is 4. The number of methoxy groups -OCH3 is 1. The van der Waals surface area contributed by atoms with E-state index in [2.05, 4.69) is 9.97 Å². The summed E-state index contributed by atoms with van der Waals surface area (Å²) < 4.78 is 41.2. The largest absolute Gasteiger partial charge is 0.491 e. The Hall–Kier alpha value is -4.46. The van der Waals surface area contributed by atoms with Crippen LogP contribution in [0.4, 0.5) is 8.78 Å². The molecule has 0 amide bonds. The number of carboxylic acid groups (broad SMARTS) is 1. The fraction of sp³-hybridized carbons (Fsp3) is 0.343. The second-order valence-electron chi connectivity index (χ2n) is 11.9. The second kappa shape index (κ2) is 14.6. The molecule has 256 valence electrons. The maximum Gasteiger partial charge on any atom is 0.338 e. The Balaban J connectivity index is 1.23. The minimum absolute atomic E-state index is 0.124. The molecule has 14 heteroatoms. The molecule has 10 nitrogen and oxygen atoms in total. The topological polar surface area (TPSA) is 120 Å². The van der Waals surface area contributed by atoms with Crippen LogP contribution in [-0.4, -0.2) is 68.2 Å². The number of alkyl halides is 2. The number of rotatable bonds is 12. The minimum Gasteiger partial charge on any atom is -0.491 e. The number of carboxylic acids is 1. The van der Waals surface area contributed by atoms with Crippen molar-refractivity contribution in [2.45, 2.75) is 58.7 Å². The summed E-state index contributed by atoms with van der Waals surface area (Å²) in [5.74, 6) is 0.400. The number of nitrogens with zero attached hydrogens (tertiary/aromatic N) is 5. The van der Waals surface area contributed by atoms with Crippen molar-refractivity contribution in [3.63, 3.8) is 0 Å². The molecule has 0 aliphatic heterocycles. The molecule has 6 rings (SSSR count). The molecule has 0 fully saturated rings. The number of benzene rings is 1. The van der Waals surface area contributed by atoms with E-state index in [1.807, 2.05) is 6.07 Å². The Morgan fingerprint density at radius 3 is 2.76 bits per heavy atom. The number of ether oxygens (including phenoxy) is 2. The number of pyridine rings is 2. The van der Waals surface area contributed by atoms with Gasteiger partial charge < -0.3 is 14.6 Å². The normalized spacial score (nSPS) is 14.4. The van der Waals surface area contributed by atoms with Gasteiger partial charge in [-0.15, -0.1) is 11.3 Å². The molecule has 1 aliphatic carbocycles. The summed E-state index contributed by atoms with van der Waals surface area (Å²) in [7, 11) is 1.50. The first-order valence-electron chi connectivity index (χ1n) is 15.7. The van der Waals surface area contributed by atoms with Crippen molar-refractivity contribution in [1.29, 1.82) is 0 Å². The van der Waals surface area contributed by atoms with Gasteiger partial charge in [0.25, 0.3) is 12.0 Å². The van der Waals surface area contributed by atoms with Gasteiger partial charge >= 0.3 is 5.97 Å². The summed E-state index contributed by atoms with van der Waals surface area (Å²) in [6.45, 7) is 3.72. The number of fused-ring (bicyclic) bond motifs is 2. The molecule has 1 unspecified atom stereocenters. The first-order chi connectivity index (χ1) is 23.5. The number of carbonyl (C=O) groups is 1. The molecular formula is C35H34ClF2N5O5S. The van der Waals surface area contributed by atoms with Gasteiger partial charge in [-0.25, -0.2) is 23.5 Å². The average Bonchev–Trinajstić information content (AvgIpc) is 3.50.